The van der Waals surface area contributed by atoms with Crippen LogP contribution in [0.5, 0.6) is 5.75 Å². The highest BCUT2D eigenvalue weighted by molar-refractivity contribution is 5.78. The van der Waals surface area contributed by atoms with E-state index in [2.05, 4.69) is 0 Å². The molecule has 0 saturated carbocycles. The van der Waals surface area contributed by atoms with Gasteiger partial charge in [-0.1, -0.05) is 0 Å². The molecule has 0 bridgehead atoms. The van der Waals surface area contributed by atoms with Gasteiger partial charge in [0.15, 0.2) is 6.61 Å². The molecular weight excluding hydrogens is 256 g/mol. The van der Waals surface area contributed by atoms with Gasteiger partial charge in [0.2, 0.25) is 0 Å². The summed E-state index contributed by atoms with van der Waals surface area (Å²) < 4.78 is 11.0. The molecule has 2 atom stereocenters. The average Bonchev–Trinajstić information content (AvgIpc) is 2.44. The highest BCUT2D eigenvalue weighted by Gasteiger charge is 2.25. The van der Waals surface area contributed by atoms with E-state index in [0.717, 1.165) is 0 Å². The molecule has 1 amide bonds. The Morgan fingerprint density at radius 3 is 2.50 bits per heavy atom. The minimum atomic E-state index is -0.0450. The molecule has 1 aliphatic heterocycles. The highest BCUT2D eigenvalue weighted by atomic mass is 16.5. The predicted molar refractivity (Wildman–Crippen MR) is 73.2 cm³/mol. The molecular formula is C15H18N2O3. The van der Waals surface area contributed by atoms with E-state index < -0.39 is 0 Å². The van der Waals surface area contributed by atoms with Crippen molar-refractivity contribution in [3.05, 3.63) is 29.8 Å². The van der Waals surface area contributed by atoms with Crippen LogP contribution in [-0.2, 0) is 9.53 Å². The third-order valence-electron chi connectivity index (χ3n) is 3.12. The first-order chi connectivity index (χ1) is 9.58. The summed E-state index contributed by atoms with van der Waals surface area (Å²) in [5.74, 6) is 0.545. The molecule has 20 heavy (non-hydrogen) atoms. The molecule has 1 aromatic carbocycles. The largest absolute Gasteiger partial charge is 0.484 e. The third-order valence-corrected chi connectivity index (χ3v) is 3.12. The summed E-state index contributed by atoms with van der Waals surface area (Å²) in [6.45, 7) is 5.11. The Labute approximate surface area is 118 Å². The Kier molecular flexibility index (Phi) is 4.59. The van der Waals surface area contributed by atoms with Crippen molar-refractivity contribution >= 4 is 5.91 Å². The van der Waals surface area contributed by atoms with Gasteiger partial charge in [-0.25, -0.2) is 0 Å². The van der Waals surface area contributed by atoms with Crippen LogP contribution in [0.4, 0.5) is 0 Å². The fraction of sp³-hybridized carbons (Fsp3) is 0.467. The van der Waals surface area contributed by atoms with E-state index in [-0.39, 0.29) is 24.7 Å². The van der Waals surface area contributed by atoms with E-state index in [1.165, 1.54) is 0 Å². The third kappa shape index (κ3) is 3.72. The molecule has 1 saturated heterocycles. The molecule has 0 aromatic heterocycles. The van der Waals surface area contributed by atoms with Gasteiger partial charge >= 0.3 is 0 Å². The van der Waals surface area contributed by atoms with Crippen LogP contribution in [0.3, 0.4) is 0 Å². The van der Waals surface area contributed by atoms with E-state index in [0.29, 0.717) is 24.4 Å². The number of benzene rings is 1. The number of hydrogen-bond donors (Lipinski definition) is 0. The van der Waals surface area contributed by atoms with Gasteiger partial charge in [0.1, 0.15) is 5.75 Å². The SMILES string of the molecule is CC1CN(C(=O)COc2ccc(C#N)cc2)CC(C)O1. The van der Waals surface area contributed by atoms with E-state index in [9.17, 15) is 4.79 Å². The Bertz CT molecular complexity index is 497. The molecule has 106 valence electrons. The maximum absolute atomic E-state index is 12.1. The van der Waals surface area contributed by atoms with Crippen molar-refractivity contribution in [1.82, 2.24) is 4.90 Å². The smallest absolute Gasteiger partial charge is 0.260 e. The van der Waals surface area contributed by atoms with Gasteiger partial charge in [-0.05, 0) is 38.1 Å². The van der Waals surface area contributed by atoms with E-state index >= 15 is 0 Å². The number of carbonyl (C=O) groups is 1. The lowest BCUT2D eigenvalue weighted by Crippen LogP contribution is -2.49. The molecule has 0 spiro atoms. The predicted octanol–water partition coefficient (Wildman–Crippen LogP) is 1.57. The molecule has 2 rings (SSSR count). The number of hydrogen-bond acceptors (Lipinski definition) is 4. The lowest BCUT2D eigenvalue weighted by molar-refractivity contribution is -0.145. The van der Waals surface area contributed by atoms with Gasteiger partial charge in [0, 0.05) is 13.1 Å². The van der Waals surface area contributed by atoms with E-state index in [1.54, 1.807) is 29.2 Å². The summed E-state index contributed by atoms with van der Waals surface area (Å²) in [6, 6.07) is 8.75. The molecule has 1 aromatic rings. The summed E-state index contributed by atoms with van der Waals surface area (Å²) >= 11 is 0. The maximum Gasteiger partial charge on any atom is 0.260 e. The van der Waals surface area contributed by atoms with Gasteiger partial charge in [0.25, 0.3) is 5.91 Å². The minimum absolute atomic E-state index is 0.00530. The first kappa shape index (κ1) is 14.4. The van der Waals surface area contributed by atoms with Crippen LogP contribution in [-0.4, -0.2) is 42.7 Å². The Morgan fingerprint density at radius 1 is 1.35 bits per heavy atom. The standard InChI is InChI=1S/C15H18N2O3/c1-11-8-17(9-12(2)20-11)15(18)10-19-14-5-3-13(7-16)4-6-14/h3-6,11-12H,8-10H2,1-2H3. The normalized spacial score (nSPS) is 22.1. The Morgan fingerprint density at radius 2 is 1.95 bits per heavy atom. The molecule has 0 N–H and O–H groups in total. The molecule has 5 nitrogen and oxygen atoms in total. The zero-order chi connectivity index (χ0) is 14.5. The number of morpholine rings is 1. The summed E-state index contributed by atoms with van der Waals surface area (Å²) in [5, 5.41) is 8.70. The number of rotatable bonds is 3. The monoisotopic (exact) mass is 274 g/mol. The van der Waals surface area contributed by atoms with Crippen LogP contribution >= 0.6 is 0 Å². The van der Waals surface area contributed by atoms with Crippen LogP contribution in [0.15, 0.2) is 24.3 Å². The van der Waals surface area contributed by atoms with Crippen molar-refractivity contribution in [3.8, 4) is 11.8 Å². The van der Waals surface area contributed by atoms with Crippen LogP contribution in [0.25, 0.3) is 0 Å². The topological polar surface area (TPSA) is 62.6 Å². The lowest BCUT2D eigenvalue weighted by Gasteiger charge is -2.35. The van der Waals surface area contributed by atoms with Crippen molar-refractivity contribution < 1.29 is 14.3 Å². The molecule has 5 heteroatoms. The van der Waals surface area contributed by atoms with Crippen molar-refractivity contribution in [2.24, 2.45) is 0 Å². The van der Waals surface area contributed by atoms with Gasteiger partial charge in [0.05, 0.1) is 23.8 Å². The zero-order valence-corrected chi connectivity index (χ0v) is 11.7. The summed E-state index contributed by atoms with van der Waals surface area (Å²) in [4.78, 5) is 13.8. The van der Waals surface area contributed by atoms with Gasteiger partial charge in [-0.3, -0.25) is 4.79 Å². The molecule has 0 radical (unpaired) electrons. The first-order valence-corrected chi connectivity index (χ1v) is 6.64. The van der Waals surface area contributed by atoms with Gasteiger partial charge < -0.3 is 14.4 Å². The summed E-state index contributed by atoms with van der Waals surface area (Å²) in [7, 11) is 0. The van der Waals surface area contributed by atoms with Crippen LogP contribution in [0, 0.1) is 11.3 Å². The number of amides is 1. The van der Waals surface area contributed by atoms with Crippen LogP contribution in [0.2, 0.25) is 0 Å². The quantitative estimate of drug-likeness (QED) is 0.839. The second-order valence-corrected chi connectivity index (χ2v) is 4.98. The fourth-order valence-electron chi connectivity index (χ4n) is 2.24. The molecule has 1 aliphatic rings. The number of ether oxygens (including phenoxy) is 2. The number of nitriles is 1. The minimum Gasteiger partial charge on any atom is -0.484 e. The Balaban J connectivity index is 1.86. The van der Waals surface area contributed by atoms with Crippen LogP contribution < -0.4 is 4.74 Å². The fourth-order valence-corrected chi connectivity index (χ4v) is 2.24. The molecule has 0 aliphatic carbocycles. The van der Waals surface area contributed by atoms with Gasteiger partial charge in [-0.15, -0.1) is 0 Å². The number of carbonyl (C=O) groups excluding carboxylic acids is 1. The van der Waals surface area contributed by atoms with Crippen molar-refractivity contribution in [1.29, 1.82) is 5.26 Å². The first-order valence-electron chi connectivity index (χ1n) is 6.64. The molecule has 1 heterocycles. The average molecular weight is 274 g/mol. The second-order valence-electron chi connectivity index (χ2n) is 4.98. The van der Waals surface area contributed by atoms with Gasteiger partial charge in [-0.2, -0.15) is 5.26 Å². The maximum atomic E-state index is 12.1. The molecule has 1 fully saturated rings. The highest BCUT2D eigenvalue weighted by Crippen LogP contribution is 2.13. The zero-order valence-electron chi connectivity index (χ0n) is 11.7. The summed E-state index contributed by atoms with van der Waals surface area (Å²) in [6.07, 6.45) is 0.107. The molecule has 2 unspecified atom stereocenters. The van der Waals surface area contributed by atoms with Crippen molar-refractivity contribution in [2.75, 3.05) is 19.7 Å². The lowest BCUT2D eigenvalue weighted by atomic mass is 10.2. The van der Waals surface area contributed by atoms with E-state index in [4.69, 9.17) is 14.7 Å². The summed E-state index contributed by atoms with van der Waals surface area (Å²) in [5.41, 5.74) is 0.569. The van der Waals surface area contributed by atoms with Crippen LogP contribution in [0.1, 0.15) is 19.4 Å². The van der Waals surface area contributed by atoms with E-state index in [1.807, 2.05) is 19.9 Å². The second kappa shape index (κ2) is 6.40. The van der Waals surface area contributed by atoms with Crippen molar-refractivity contribution in [3.63, 3.8) is 0 Å². The Hall–Kier alpha value is -2.06. The number of nitrogens with zero attached hydrogens (tertiary/aromatic N) is 2. The van der Waals surface area contributed by atoms with Crippen molar-refractivity contribution in [2.45, 2.75) is 26.1 Å².